The first kappa shape index (κ1) is 8.69. The van der Waals surface area contributed by atoms with Crippen molar-refractivity contribution in [3.63, 3.8) is 0 Å². The molecule has 2 fully saturated rings. The van der Waals surface area contributed by atoms with E-state index in [1.165, 1.54) is 51.4 Å². The van der Waals surface area contributed by atoms with Crippen LogP contribution >= 0.6 is 7.80 Å². The quantitative estimate of drug-likeness (QED) is 0.599. The molecule has 2 aliphatic carbocycles. The van der Waals surface area contributed by atoms with Crippen molar-refractivity contribution in [2.24, 2.45) is 0 Å². The zero-order valence-corrected chi connectivity index (χ0v) is 8.56. The molecule has 0 aromatic rings. The van der Waals surface area contributed by atoms with Crippen LogP contribution in [0.15, 0.2) is 0 Å². The summed E-state index contributed by atoms with van der Waals surface area (Å²) in [6, 6.07) is 0. The van der Waals surface area contributed by atoms with E-state index in [2.05, 4.69) is 0 Å². The average Bonchev–Trinajstić information content (AvgIpc) is 2.77. The van der Waals surface area contributed by atoms with Gasteiger partial charge in [0.2, 0.25) is 0 Å². The number of hydrogen-bond donors (Lipinski definition) is 0. The molecule has 0 aliphatic heterocycles. The van der Waals surface area contributed by atoms with E-state index in [1.54, 1.807) is 0 Å². The molecule has 2 aliphatic rings. The first-order valence-corrected chi connectivity index (χ1v) is 6.73. The van der Waals surface area contributed by atoms with Crippen molar-refractivity contribution in [2.45, 2.75) is 62.7 Å². The van der Waals surface area contributed by atoms with Gasteiger partial charge in [0.05, 0.1) is 0 Å². The van der Waals surface area contributed by atoms with E-state index >= 15 is 0 Å². The molecule has 12 heavy (non-hydrogen) atoms. The minimum atomic E-state index is -0.833. The molecule has 0 spiro atoms. The first-order chi connectivity index (χ1) is 5.88. The topological polar surface area (TPSA) is 17.1 Å². The first-order valence-electron chi connectivity index (χ1n) is 5.33. The van der Waals surface area contributed by atoms with Crippen LogP contribution in [0, 0.1) is 0 Å². The van der Waals surface area contributed by atoms with Gasteiger partial charge in [-0.1, -0.05) is 4.57 Å². The highest BCUT2D eigenvalue weighted by Crippen LogP contribution is 2.48. The highest BCUT2D eigenvalue weighted by molar-refractivity contribution is 7.46. The van der Waals surface area contributed by atoms with Crippen molar-refractivity contribution in [3.8, 4) is 0 Å². The second-order valence-electron chi connectivity index (χ2n) is 4.24. The summed E-state index contributed by atoms with van der Waals surface area (Å²) in [6.45, 7) is 0. The van der Waals surface area contributed by atoms with Crippen LogP contribution in [0.4, 0.5) is 0 Å². The number of rotatable bonds is 2. The van der Waals surface area contributed by atoms with E-state index in [9.17, 15) is 4.57 Å². The smallest absolute Gasteiger partial charge is 0.0742 e. The third kappa shape index (κ3) is 1.71. The van der Waals surface area contributed by atoms with Gasteiger partial charge in [-0.3, -0.25) is 0 Å². The molecule has 0 radical (unpaired) electrons. The molecule has 0 N–H and O–H groups in total. The largest absolute Gasteiger partial charge is 0.344 e. The van der Waals surface area contributed by atoms with Crippen molar-refractivity contribution in [2.75, 3.05) is 0 Å². The monoisotopic (exact) mass is 185 g/mol. The molecule has 0 bridgehead atoms. The normalized spacial score (nSPS) is 26.7. The Hall–Kier alpha value is 0.100. The highest BCUT2D eigenvalue weighted by Gasteiger charge is 2.41. The minimum absolute atomic E-state index is 0.614. The molecule has 2 rings (SSSR count). The lowest BCUT2D eigenvalue weighted by Crippen LogP contribution is -2.03. The van der Waals surface area contributed by atoms with E-state index in [1.807, 2.05) is 0 Å². The molecule has 2 heteroatoms. The van der Waals surface area contributed by atoms with Crippen LogP contribution in [-0.2, 0) is 4.57 Å². The van der Waals surface area contributed by atoms with Gasteiger partial charge < -0.3 is 0 Å². The Morgan fingerprint density at radius 1 is 0.750 bits per heavy atom. The molecule has 0 amide bonds. The summed E-state index contributed by atoms with van der Waals surface area (Å²) in [5.74, 6) is 0. The average molecular weight is 185 g/mol. The van der Waals surface area contributed by atoms with Crippen LogP contribution in [0.1, 0.15) is 51.4 Å². The van der Waals surface area contributed by atoms with E-state index < -0.39 is 7.80 Å². The fraction of sp³-hybridized carbons (Fsp3) is 1.00. The summed E-state index contributed by atoms with van der Waals surface area (Å²) in [5.41, 5.74) is 1.23. The van der Waals surface area contributed by atoms with Gasteiger partial charge in [-0.2, -0.15) is 0 Å². The van der Waals surface area contributed by atoms with Crippen LogP contribution in [0.25, 0.3) is 0 Å². The molecule has 0 unspecified atom stereocenters. The molecule has 0 atom stereocenters. The Kier molecular flexibility index (Phi) is 2.80. The van der Waals surface area contributed by atoms with Crippen LogP contribution in [0.3, 0.4) is 0 Å². The zero-order chi connectivity index (χ0) is 8.39. The van der Waals surface area contributed by atoms with Gasteiger partial charge in [0.1, 0.15) is 0 Å². The Balaban J connectivity index is 1.89. The second kappa shape index (κ2) is 3.87. The third-order valence-electron chi connectivity index (χ3n) is 3.37. The predicted molar refractivity (Wildman–Crippen MR) is 52.1 cm³/mol. The third-order valence-corrected chi connectivity index (χ3v) is 5.84. The SMILES string of the molecule is O=[P+](C1CCCC1)C1CCCC1. The second-order valence-corrected chi connectivity index (χ2v) is 6.42. The van der Waals surface area contributed by atoms with Crippen molar-refractivity contribution in [3.05, 3.63) is 0 Å². The van der Waals surface area contributed by atoms with Crippen molar-refractivity contribution < 1.29 is 4.57 Å². The molecule has 0 saturated heterocycles. The van der Waals surface area contributed by atoms with Gasteiger partial charge in [0.25, 0.3) is 0 Å². The fourth-order valence-corrected chi connectivity index (χ4v) is 4.96. The molecular weight excluding hydrogens is 167 g/mol. The van der Waals surface area contributed by atoms with E-state index in [-0.39, 0.29) is 0 Å². The van der Waals surface area contributed by atoms with Gasteiger partial charge in [0.15, 0.2) is 11.3 Å². The summed E-state index contributed by atoms with van der Waals surface area (Å²) < 4.78 is 12.0. The van der Waals surface area contributed by atoms with E-state index in [0.717, 1.165) is 0 Å². The Labute approximate surface area is 75.7 Å². The Bertz CT molecular complexity index is 149. The van der Waals surface area contributed by atoms with Crippen molar-refractivity contribution >= 4 is 7.80 Å². The maximum atomic E-state index is 12.0. The molecule has 2 saturated carbocycles. The van der Waals surface area contributed by atoms with Crippen LogP contribution in [0.5, 0.6) is 0 Å². The lowest BCUT2D eigenvalue weighted by atomic mass is 10.4. The molecule has 1 nitrogen and oxygen atoms in total. The predicted octanol–water partition coefficient (Wildman–Crippen LogP) is 3.70. The minimum Gasteiger partial charge on any atom is -0.0742 e. The van der Waals surface area contributed by atoms with Gasteiger partial charge in [-0.05, 0) is 51.4 Å². The summed E-state index contributed by atoms with van der Waals surface area (Å²) >= 11 is 0. The van der Waals surface area contributed by atoms with Crippen molar-refractivity contribution in [1.29, 1.82) is 0 Å². The summed E-state index contributed by atoms with van der Waals surface area (Å²) in [5, 5.41) is 0. The van der Waals surface area contributed by atoms with Crippen LogP contribution in [0.2, 0.25) is 0 Å². The molecular formula is C10H18OP+. The van der Waals surface area contributed by atoms with Gasteiger partial charge >= 0.3 is 7.80 Å². The lowest BCUT2D eigenvalue weighted by molar-refractivity contribution is 0.567. The standard InChI is InChI=1S/C10H18OP/c11-12(9-5-1-2-6-9)10-7-3-4-8-10/h9-10H,1-8H2/q+1. The molecule has 0 heterocycles. The number of hydrogen-bond acceptors (Lipinski definition) is 1. The molecule has 0 aromatic heterocycles. The van der Waals surface area contributed by atoms with E-state index in [0.29, 0.717) is 11.3 Å². The highest BCUT2D eigenvalue weighted by atomic mass is 31.1. The van der Waals surface area contributed by atoms with Crippen LogP contribution < -0.4 is 0 Å². The Morgan fingerprint density at radius 3 is 1.42 bits per heavy atom. The summed E-state index contributed by atoms with van der Waals surface area (Å²) in [4.78, 5) is 0. The van der Waals surface area contributed by atoms with Gasteiger partial charge in [0, 0.05) is 0 Å². The summed E-state index contributed by atoms with van der Waals surface area (Å²) in [7, 11) is -0.833. The van der Waals surface area contributed by atoms with Gasteiger partial charge in [-0.15, -0.1) is 0 Å². The molecule has 68 valence electrons. The van der Waals surface area contributed by atoms with Crippen molar-refractivity contribution in [1.82, 2.24) is 0 Å². The lowest BCUT2D eigenvalue weighted by Gasteiger charge is -2.00. The molecule has 0 aromatic carbocycles. The Morgan fingerprint density at radius 2 is 1.08 bits per heavy atom. The maximum absolute atomic E-state index is 12.0. The zero-order valence-electron chi connectivity index (χ0n) is 7.67. The maximum Gasteiger partial charge on any atom is 0.344 e. The van der Waals surface area contributed by atoms with Crippen LogP contribution in [-0.4, -0.2) is 11.3 Å². The summed E-state index contributed by atoms with van der Waals surface area (Å²) in [6.07, 6.45) is 10.3. The fourth-order valence-electron chi connectivity index (χ4n) is 2.62. The van der Waals surface area contributed by atoms with Gasteiger partial charge in [-0.25, -0.2) is 0 Å². The van der Waals surface area contributed by atoms with E-state index in [4.69, 9.17) is 0 Å².